The van der Waals surface area contributed by atoms with Crippen LogP contribution < -0.4 is 15.4 Å². The lowest BCUT2D eigenvalue weighted by Crippen LogP contribution is -2.42. The highest BCUT2D eigenvalue weighted by Crippen LogP contribution is 2.47. The average molecular weight is 728 g/mol. The molecule has 54 heavy (non-hydrogen) atoms. The predicted octanol–water partition coefficient (Wildman–Crippen LogP) is 10.7. The van der Waals surface area contributed by atoms with E-state index in [1.54, 1.807) is 32.8 Å². The Bertz CT molecular complexity index is 1570. The largest absolute Gasteiger partial charge is 0.480 e. The molecule has 1 saturated heterocycles. The van der Waals surface area contributed by atoms with Crippen molar-refractivity contribution in [3.63, 3.8) is 0 Å². The minimum Gasteiger partial charge on any atom is -0.480 e. The van der Waals surface area contributed by atoms with Gasteiger partial charge >= 0.3 is 0 Å². The quantitative estimate of drug-likeness (QED) is 0.186. The molecule has 3 saturated carbocycles. The summed E-state index contributed by atoms with van der Waals surface area (Å²) in [5.41, 5.74) is 5.92. The maximum Gasteiger partial charge on any atom is 0.231 e. The Morgan fingerprint density at radius 2 is 1.06 bits per heavy atom. The van der Waals surface area contributed by atoms with Crippen molar-refractivity contribution in [2.45, 2.75) is 115 Å². The number of nitrogens with zero attached hydrogens (tertiary/aromatic N) is 3. The summed E-state index contributed by atoms with van der Waals surface area (Å²) in [5.74, 6) is 0.595. The van der Waals surface area contributed by atoms with E-state index in [0.29, 0.717) is 5.88 Å². The van der Waals surface area contributed by atoms with Gasteiger partial charge in [0.05, 0.1) is 20.0 Å². The summed E-state index contributed by atoms with van der Waals surface area (Å²) in [5, 5.41) is 6.60. The molecule has 3 aromatic carbocycles. The van der Waals surface area contributed by atoms with Crippen LogP contribution in [0.5, 0.6) is 5.88 Å². The minimum atomic E-state index is -0.534. The molecule has 1 aromatic heterocycles. The lowest BCUT2D eigenvalue weighted by Gasteiger charge is -2.44. The van der Waals surface area contributed by atoms with Crippen LogP contribution in [-0.4, -0.2) is 47.9 Å². The molecular formula is C48H65N5O. The molecule has 9 rings (SSSR count). The smallest absolute Gasteiger partial charge is 0.231 e. The molecule has 0 atom stereocenters. The summed E-state index contributed by atoms with van der Waals surface area (Å²) >= 11 is 0. The Balaban J connectivity index is 0.000000137. The van der Waals surface area contributed by atoms with E-state index in [9.17, 15) is 0 Å². The summed E-state index contributed by atoms with van der Waals surface area (Å²) in [6.07, 6.45) is 31.6. The van der Waals surface area contributed by atoms with Crippen LogP contribution in [0.4, 0.5) is 0 Å². The summed E-state index contributed by atoms with van der Waals surface area (Å²) in [4.78, 5) is 7.03. The maximum absolute atomic E-state index is 5.37. The fraction of sp³-hybridized carbons (Fsp3) is 0.521. The molecule has 6 heteroatoms. The third-order valence-corrected chi connectivity index (χ3v) is 13.5. The third kappa shape index (κ3) is 9.08. The van der Waals surface area contributed by atoms with Gasteiger partial charge < -0.3 is 19.9 Å². The molecule has 4 fully saturated rings. The van der Waals surface area contributed by atoms with Crippen LogP contribution in [0.25, 0.3) is 0 Å². The lowest BCUT2D eigenvalue weighted by atomic mass is 9.65. The van der Waals surface area contributed by atoms with Crippen molar-refractivity contribution in [2.24, 2.45) is 10.8 Å². The Kier molecular flexibility index (Phi) is 13.1. The zero-order valence-electron chi connectivity index (χ0n) is 33.0. The Morgan fingerprint density at radius 1 is 0.611 bits per heavy atom. The van der Waals surface area contributed by atoms with Gasteiger partial charge in [-0.2, -0.15) is 0 Å². The number of hydrogen-bond acceptors (Lipinski definition) is 5. The van der Waals surface area contributed by atoms with E-state index in [4.69, 9.17) is 4.74 Å². The fourth-order valence-electron chi connectivity index (χ4n) is 10.4. The Hall–Kier alpha value is -4.03. The standard InChI is InChI=1S/C23H20N2O.C14H25N3.C11H20/c1-26-22-17-25(18-24-22)23(19-11-5-2-6-12-19,20-13-7-3-8-14-20)21-15-9-4-10-16-21;1-2-4-14(5-3-1)6-8-17(9-7-14)11-13-10-15-12-16-13;1-3-7-11(8-4-1)9-5-2-6-10-11/h2-18H,1H3;10,15-16H,1-9,11-12H2;1-10H2. The average Bonchev–Trinajstić information content (AvgIpc) is 3.95. The normalized spacial score (nSPS) is 20.6. The number of piperidine rings is 1. The molecule has 5 aliphatic rings. The topological polar surface area (TPSA) is 54.4 Å². The van der Waals surface area contributed by atoms with Crippen molar-refractivity contribution >= 4 is 0 Å². The molecule has 0 amide bonds. The summed E-state index contributed by atoms with van der Waals surface area (Å²) in [7, 11) is 1.64. The van der Waals surface area contributed by atoms with Crippen LogP contribution in [0.1, 0.15) is 126 Å². The number of imidazole rings is 1. The van der Waals surface area contributed by atoms with Crippen molar-refractivity contribution in [1.29, 1.82) is 0 Å². The van der Waals surface area contributed by atoms with Crippen LogP contribution in [0.15, 0.2) is 115 Å². The monoisotopic (exact) mass is 728 g/mol. The zero-order chi connectivity index (χ0) is 36.9. The summed E-state index contributed by atoms with van der Waals surface area (Å²) in [6.45, 7) is 4.63. The summed E-state index contributed by atoms with van der Waals surface area (Å²) < 4.78 is 7.50. The second-order valence-electron chi connectivity index (χ2n) is 16.8. The van der Waals surface area contributed by atoms with Gasteiger partial charge in [-0.1, -0.05) is 149 Å². The molecule has 2 N–H and O–H groups in total. The molecule has 4 aromatic rings. The number of benzene rings is 3. The molecule has 2 aliphatic heterocycles. The van der Waals surface area contributed by atoms with Crippen LogP contribution in [0.2, 0.25) is 0 Å². The molecule has 0 radical (unpaired) electrons. The van der Waals surface area contributed by atoms with Gasteiger partial charge in [0.2, 0.25) is 5.88 Å². The van der Waals surface area contributed by atoms with Crippen molar-refractivity contribution in [3.05, 3.63) is 132 Å². The van der Waals surface area contributed by atoms with E-state index in [-0.39, 0.29) is 0 Å². The maximum atomic E-state index is 5.37. The molecular weight excluding hydrogens is 663 g/mol. The number of nitrogens with one attached hydrogen (secondary N) is 2. The third-order valence-electron chi connectivity index (χ3n) is 13.5. The van der Waals surface area contributed by atoms with Gasteiger partial charge in [0.1, 0.15) is 11.9 Å². The SMILES string of the molecule is C1=C(CN2CCC3(CCCCC3)CC2)NCN1.C1CCC2(CC1)CCCCC2.COc1cn(C(c2ccccc2)(c2ccccc2)c2ccccc2)cn1. The first-order valence-electron chi connectivity index (χ1n) is 21.3. The van der Waals surface area contributed by atoms with E-state index in [1.807, 2.05) is 30.7 Å². The first-order chi connectivity index (χ1) is 26.6. The second-order valence-corrected chi connectivity index (χ2v) is 16.8. The molecule has 3 aliphatic carbocycles. The highest BCUT2D eigenvalue weighted by Gasteiger charge is 2.39. The molecule has 288 valence electrons. The Labute approximate surface area is 325 Å². The van der Waals surface area contributed by atoms with Crippen LogP contribution in [0.3, 0.4) is 0 Å². The zero-order valence-corrected chi connectivity index (χ0v) is 33.0. The molecule has 0 unspecified atom stereocenters. The van der Waals surface area contributed by atoms with Gasteiger partial charge in [-0.25, -0.2) is 4.98 Å². The van der Waals surface area contributed by atoms with E-state index in [0.717, 1.165) is 40.7 Å². The van der Waals surface area contributed by atoms with Crippen LogP contribution >= 0.6 is 0 Å². The first-order valence-corrected chi connectivity index (χ1v) is 21.3. The van der Waals surface area contributed by atoms with Gasteiger partial charge in [-0.05, 0) is 92.0 Å². The van der Waals surface area contributed by atoms with Crippen molar-refractivity contribution in [3.8, 4) is 5.88 Å². The van der Waals surface area contributed by atoms with Gasteiger partial charge in [-0.3, -0.25) is 4.90 Å². The van der Waals surface area contributed by atoms with Crippen molar-refractivity contribution in [1.82, 2.24) is 25.1 Å². The van der Waals surface area contributed by atoms with E-state index in [2.05, 4.69) is 104 Å². The molecule has 3 heterocycles. The number of rotatable bonds is 7. The van der Waals surface area contributed by atoms with E-state index >= 15 is 0 Å². The Morgan fingerprint density at radius 3 is 1.44 bits per heavy atom. The van der Waals surface area contributed by atoms with E-state index < -0.39 is 5.54 Å². The van der Waals surface area contributed by atoms with Crippen molar-refractivity contribution < 1.29 is 4.74 Å². The number of hydrogen-bond donors (Lipinski definition) is 2. The fourth-order valence-corrected chi connectivity index (χ4v) is 10.4. The molecule has 2 spiro atoms. The highest BCUT2D eigenvalue weighted by atomic mass is 16.5. The van der Waals surface area contributed by atoms with Gasteiger partial charge in [-0.15, -0.1) is 0 Å². The number of ether oxygens (including phenoxy) is 1. The summed E-state index contributed by atoms with van der Waals surface area (Å²) in [6, 6.07) is 31.5. The minimum absolute atomic E-state index is 0.534. The second kappa shape index (κ2) is 18.5. The first kappa shape index (κ1) is 38.3. The molecule has 6 nitrogen and oxygen atoms in total. The van der Waals surface area contributed by atoms with Crippen molar-refractivity contribution in [2.75, 3.05) is 33.4 Å². The highest BCUT2D eigenvalue weighted by molar-refractivity contribution is 5.50. The van der Waals surface area contributed by atoms with Gasteiger partial charge in [0, 0.05) is 18.4 Å². The van der Waals surface area contributed by atoms with Crippen LogP contribution in [-0.2, 0) is 5.54 Å². The van der Waals surface area contributed by atoms with Crippen LogP contribution in [0, 0.1) is 10.8 Å². The van der Waals surface area contributed by atoms with Gasteiger partial charge in [0.25, 0.3) is 0 Å². The predicted molar refractivity (Wildman–Crippen MR) is 222 cm³/mol. The van der Waals surface area contributed by atoms with Gasteiger partial charge in [0.15, 0.2) is 0 Å². The lowest BCUT2D eigenvalue weighted by molar-refractivity contribution is 0.0719. The number of aromatic nitrogens is 2. The number of methoxy groups -OCH3 is 1. The number of likely N-dealkylation sites (tertiary alicyclic amines) is 1. The van der Waals surface area contributed by atoms with E-state index in [1.165, 1.54) is 102 Å². The molecule has 0 bridgehead atoms.